The summed E-state index contributed by atoms with van der Waals surface area (Å²) in [4.78, 5) is 21.2. The molecule has 0 radical (unpaired) electrons. The van der Waals surface area contributed by atoms with Gasteiger partial charge in [0.05, 0.1) is 16.0 Å². The lowest BCUT2D eigenvalue weighted by Crippen LogP contribution is -2.08. The molecule has 0 atom stereocenters. The predicted octanol–water partition coefficient (Wildman–Crippen LogP) is 6.12. The minimum Gasteiger partial charge on any atom is -0.409 e. The number of para-hydroxylation sites is 4. The Labute approximate surface area is 168 Å². The van der Waals surface area contributed by atoms with Crippen molar-refractivity contribution in [1.29, 1.82) is 0 Å². The minimum absolute atomic E-state index is 0.0190. The summed E-state index contributed by atoms with van der Waals surface area (Å²) in [6.45, 7) is 2.07. The molecule has 0 aliphatic carbocycles. The Hall–Kier alpha value is -2.93. The van der Waals surface area contributed by atoms with Crippen LogP contribution in [0.25, 0.3) is 0 Å². The first kappa shape index (κ1) is 22.4. The van der Waals surface area contributed by atoms with E-state index in [0.29, 0.717) is 6.42 Å². The number of hydrogen-bond donors (Lipinski definition) is 0. The van der Waals surface area contributed by atoms with Crippen LogP contribution in [0.2, 0.25) is 0 Å². The fourth-order valence-electron chi connectivity index (χ4n) is 2.69. The molecule has 0 aliphatic heterocycles. The van der Waals surface area contributed by atoms with Crippen molar-refractivity contribution in [3.05, 3.63) is 68.8 Å². The topological polar surface area (TPSA) is 122 Å². The Morgan fingerprint density at radius 1 is 0.793 bits per heavy atom. The van der Waals surface area contributed by atoms with E-state index in [4.69, 9.17) is 9.05 Å². The Kier molecular flexibility index (Phi) is 8.15. The van der Waals surface area contributed by atoms with Gasteiger partial charge in [0, 0.05) is 12.1 Å². The second-order valence-electron chi connectivity index (χ2n) is 6.38. The van der Waals surface area contributed by atoms with Crippen molar-refractivity contribution in [2.24, 2.45) is 0 Å². The largest absolute Gasteiger partial charge is 0.431 e. The molecule has 0 saturated carbocycles. The van der Waals surface area contributed by atoms with Crippen molar-refractivity contribution in [3.63, 3.8) is 0 Å². The maximum absolute atomic E-state index is 13.4. The van der Waals surface area contributed by atoms with Gasteiger partial charge in [0.1, 0.15) is 0 Å². The van der Waals surface area contributed by atoms with E-state index in [0.717, 1.165) is 25.7 Å². The molecule has 0 aromatic heterocycles. The molecule has 29 heavy (non-hydrogen) atoms. The molecule has 0 amide bonds. The van der Waals surface area contributed by atoms with E-state index in [1.165, 1.54) is 48.5 Å². The van der Waals surface area contributed by atoms with Gasteiger partial charge >= 0.3 is 19.0 Å². The summed E-state index contributed by atoms with van der Waals surface area (Å²) in [6.07, 6.45) is 4.26. The maximum atomic E-state index is 13.4. The van der Waals surface area contributed by atoms with Crippen LogP contribution in [0.15, 0.2) is 48.5 Å². The molecule has 2 aromatic rings. The van der Waals surface area contributed by atoms with E-state index in [1.807, 2.05) is 0 Å². The average molecular weight is 422 g/mol. The highest BCUT2D eigenvalue weighted by molar-refractivity contribution is 7.54. The molecule has 156 valence electrons. The number of benzene rings is 2. The molecule has 0 bridgehead atoms. The van der Waals surface area contributed by atoms with Crippen LogP contribution in [-0.2, 0) is 4.57 Å². The van der Waals surface area contributed by atoms with Crippen LogP contribution in [0.1, 0.15) is 39.0 Å². The van der Waals surface area contributed by atoms with Crippen LogP contribution < -0.4 is 9.05 Å². The highest BCUT2D eigenvalue weighted by Crippen LogP contribution is 2.52. The maximum Gasteiger partial charge on any atom is 0.431 e. The first-order valence-electron chi connectivity index (χ1n) is 9.31. The summed E-state index contributed by atoms with van der Waals surface area (Å²) >= 11 is 0. The highest BCUT2D eigenvalue weighted by Gasteiger charge is 2.33. The third-order valence-corrected chi connectivity index (χ3v) is 5.95. The van der Waals surface area contributed by atoms with E-state index in [-0.39, 0.29) is 29.0 Å². The van der Waals surface area contributed by atoms with Crippen molar-refractivity contribution in [3.8, 4) is 11.5 Å². The van der Waals surface area contributed by atoms with Crippen LogP contribution in [0.4, 0.5) is 11.4 Å². The summed E-state index contributed by atoms with van der Waals surface area (Å²) < 4.78 is 24.5. The Morgan fingerprint density at radius 2 is 1.24 bits per heavy atom. The summed E-state index contributed by atoms with van der Waals surface area (Å²) in [5, 5.41) is 22.5. The predicted molar refractivity (Wildman–Crippen MR) is 109 cm³/mol. The number of unbranched alkanes of at least 4 members (excludes halogenated alkanes) is 4. The molecule has 0 N–H and O–H groups in total. The number of nitro benzene ring substituents is 2. The van der Waals surface area contributed by atoms with Gasteiger partial charge in [0.25, 0.3) is 0 Å². The third-order valence-electron chi connectivity index (χ3n) is 4.13. The van der Waals surface area contributed by atoms with E-state index in [9.17, 15) is 24.8 Å². The Morgan fingerprint density at radius 3 is 1.69 bits per heavy atom. The minimum atomic E-state index is -3.95. The van der Waals surface area contributed by atoms with Crippen LogP contribution in [0.3, 0.4) is 0 Å². The molecule has 2 rings (SSSR count). The SMILES string of the molecule is CCCCCCCP(=O)(Oc1ccccc1[N+](=O)[O-])Oc1ccccc1[N+](=O)[O-]. The molecule has 9 nitrogen and oxygen atoms in total. The fourth-order valence-corrected chi connectivity index (χ4v) is 4.43. The fraction of sp³-hybridized carbons (Fsp3) is 0.368. The molecule has 0 fully saturated rings. The van der Waals surface area contributed by atoms with Crippen molar-refractivity contribution < 1.29 is 23.5 Å². The normalized spacial score (nSPS) is 11.1. The second-order valence-corrected chi connectivity index (χ2v) is 8.42. The molecule has 2 aromatic carbocycles. The number of rotatable bonds is 12. The van der Waals surface area contributed by atoms with Gasteiger partial charge < -0.3 is 9.05 Å². The van der Waals surface area contributed by atoms with Gasteiger partial charge in [0.15, 0.2) is 0 Å². The lowest BCUT2D eigenvalue weighted by atomic mass is 10.2. The first-order valence-corrected chi connectivity index (χ1v) is 11.0. The van der Waals surface area contributed by atoms with Crippen molar-refractivity contribution in [2.45, 2.75) is 39.0 Å². The van der Waals surface area contributed by atoms with Crippen molar-refractivity contribution in [1.82, 2.24) is 0 Å². The second kappa shape index (κ2) is 10.6. The number of nitrogens with zero attached hydrogens (tertiary/aromatic N) is 2. The standard InChI is InChI=1S/C19H23N2O7P/c1-2-3-4-5-10-15-29(26,27-18-13-8-6-11-16(18)20(22)23)28-19-14-9-7-12-17(19)21(24)25/h6-9,11-14H,2-5,10,15H2,1H3. The molecule has 0 aliphatic rings. The van der Waals surface area contributed by atoms with Gasteiger partial charge in [-0.05, 0) is 18.6 Å². The van der Waals surface area contributed by atoms with Crippen LogP contribution in [-0.4, -0.2) is 16.0 Å². The van der Waals surface area contributed by atoms with Crippen molar-refractivity contribution >= 4 is 19.0 Å². The van der Waals surface area contributed by atoms with E-state index in [1.54, 1.807) is 0 Å². The molecule has 10 heteroatoms. The lowest BCUT2D eigenvalue weighted by Gasteiger charge is -2.20. The molecular weight excluding hydrogens is 399 g/mol. The van der Waals surface area contributed by atoms with Crippen LogP contribution in [0.5, 0.6) is 11.5 Å². The Bertz CT molecular complexity index is 840. The summed E-state index contributed by atoms with van der Waals surface area (Å²) in [5.74, 6) is -0.402. The summed E-state index contributed by atoms with van der Waals surface area (Å²) in [5.41, 5.74) is -0.713. The van der Waals surface area contributed by atoms with Gasteiger partial charge in [0.2, 0.25) is 11.5 Å². The highest BCUT2D eigenvalue weighted by atomic mass is 31.2. The van der Waals surface area contributed by atoms with Gasteiger partial charge in [-0.3, -0.25) is 20.2 Å². The molecule has 0 saturated heterocycles. The van der Waals surface area contributed by atoms with E-state index >= 15 is 0 Å². The number of nitro groups is 2. The van der Waals surface area contributed by atoms with Crippen LogP contribution in [0, 0.1) is 20.2 Å². The zero-order chi connectivity index (χ0) is 21.3. The third kappa shape index (κ3) is 6.57. The summed E-state index contributed by atoms with van der Waals surface area (Å²) in [7, 11) is -3.95. The summed E-state index contributed by atoms with van der Waals surface area (Å²) in [6, 6.07) is 11.1. The molecule has 0 unspecified atom stereocenters. The lowest BCUT2D eigenvalue weighted by molar-refractivity contribution is -0.385. The van der Waals surface area contributed by atoms with Gasteiger partial charge in [-0.15, -0.1) is 0 Å². The zero-order valence-electron chi connectivity index (χ0n) is 16.1. The van der Waals surface area contributed by atoms with E-state index in [2.05, 4.69) is 6.92 Å². The van der Waals surface area contributed by atoms with E-state index < -0.39 is 17.4 Å². The zero-order valence-corrected chi connectivity index (χ0v) is 17.0. The van der Waals surface area contributed by atoms with Gasteiger partial charge in [-0.2, -0.15) is 0 Å². The first-order chi connectivity index (χ1) is 13.9. The van der Waals surface area contributed by atoms with Gasteiger partial charge in [-0.25, -0.2) is 4.57 Å². The average Bonchev–Trinajstić information content (AvgIpc) is 2.68. The molecule has 0 spiro atoms. The van der Waals surface area contributed by atoms with Crippen LogP contribution >= 0.6 is 7.60 Å². The molecule has 0 heterocycles. The smallest absolute Gasteiger partial charge is 0.409 e. The Balaban J connectivity index is 2.30. The van der Waals surface area contributed by atoms with Crippen molar-refractivity contribution in [2.75, 3.05) is 6.16 Å². The molecular formula is C19H23N2O7P. The monoisotopic (exact) mass is 422 g/mol. The quantitative estimate of drug-likeness (QED) is 0.175. The number of hydrogen-bond acceptors (Lipinski definition) is 7. The van der Waals surface area contributed by atoms with Gasteiger partial charge in [-0.1, -0.05) is 56.9 Å².